The lowest BCUT2D eigenvalue weighted by Gasteiger charge is -2.24. The lowest BCUT2D eigenvalue weighted by atomic mass is 9.85. The zero-order chi connectivity index (χ0) is 28.2. The monoisotopic (exact) mass is 534 g/mol. The highest BCUT2D eigenvalue weighted by molar-refractivity contribution is 6.13. The molecule has 1 amide bonds. The second kappa shape index (κ2) is 11.5. The molecule has 3 aromatic heterocycles. The lowest BCUT2D eigenvalue weighted by Crippen LogP contribution is -2.33. The third-order valence-electron chi connectivity index (χ3n) is 7.33. The third-order valence-corrected chi connectivity index (χ3v) is 7.33. The molecule has 0 aromatic carbocycles. The fourth-order valence-corrected chi connectivity index (χ4v) is 4.91. The molecule has 0 atom stereocenters. The number of rotatable bonds is 9. The molecule has 2 aliphatic rings. The Labute approximate surface area is 234 Å². The van der Waals surface area contributed by atoms with E-state index in [-0.39, 0.29) is 23.4 Å². The van der Waals surface area contributed by atoms with Crippen molar-refractivity contribution in [2.24, 2.45) is 5.92 Å². The number of nitrogens with two attached hydrogens (primary N) is 1. The van der Waals surface area contributed by atoms with E-state index in [0.717, 1.165) is 64.9 Å². The van der Waals surface area contributed by atoms with Crippen LogP contribution in [0, 0.1) is 11.3 Å². The molecule has 1 saturated carbocycles. The van der Waals surface area contributed by atoms with Crippen molar-refractivity contribution in [1.29, 1.82) is 5.41 Å². The number of hydrogen-bond donors (Lipinski definition) is 5. The summed E-state index contributed by atoms with van der Waals surface area (Å²) in [4.78, 5) is 20.3. The van der Waals surface area contributed by atoms with Gasteiger partial charge >= 0.3 is 0 Å². The van der Waals surface area contributed by atoms with Crippen molar-refractivity contribution in [3.8, 4) is 0 Å². The highest BCUT2D eigenvalue weighted by Gasteiger charge is 2.25. The van der Waals surface area contributed by atoms with Gasteiger partial charge in [0, 0.05) is 64.0 Å². The highest BCUT2D eigenvalue weighted by atomic mass is 16.3. The Morgan fingerprint density at radius 1 is 1.30 bits per heavy atom. The zero-order valence-electron chi connectivity index (χ0n) is 22.8. The summed E-state index contributed by atoms with van der Waals surface area (Å²) in [6.45, 7) is 7.68. The Kier molecular flexibility index (Phi) is 7.68. The Morgan fingerprint density at radius 2 is 2.12 bits per heavy atom. The summed E-state index contributed by atoms with van der Waals surface area (Å²) in [5.41, 5.74) is 15.2. The SMILES string of the molecule is C=CN/C=C(\C=C(/C)NC(=O)C1CCC1)c1cnc(N)c(C(=N)c2cc3c([nH]2)CC(C)=CC=C3c2ccoc2)c1. The highest BCUT2D eigenvalue weighted by Crippen LogP contribution is 2.33. The van der Waals surface area contributed by atoms with Crippen LogP contribution in [0.2, 0.25) is 0 Å². The topological polar surface area (TPSA) is 133 Å². The van der Waals surface area contributed by atoms with Crippen molar-refractivity contribution in [2.45, 2.75) is 39.5 Å². The average molecular weight is 535 g/mol. The molecule has 3 aromatic rings. The second-order valence-electron chi connectivity index (χ2n) is 10.3. The molecule has 0 spiro atoms. The predicted octanol–water partition coefficient (Wildman–Crippen LogP) is 5.83. The number of aromatic nitrogens is 2. The van der Waals surface area contributed by atoms with Crippen molar-refractivity contribution in [3.05, 3.63) is 119 Å². The minimum absolute atomic E-state index is 0.0503. The Morgan fingerprint density at radius 3 is 2.83 bits per heavy atom. The minimum Gasteiger partial charge on any atom is -0.472 e. The molecule has 40 heavy (non-hydrogen) atoms. The van der Waals surface area contributed by atoms with E-state index in [1.54, 1.807) is 31.1 Å². The molecule has 0 radical (unpaired) electrons. The molecule has 0 aliphatic heterocycles. The van der Waals surface area contributed by atoms with Gasteiger partial charge in [0.1, 0.15) is 5.82 Å². The minimum atomic E-state index is 0.0503. The molecule has 2 aliphatic carbocycles. The van der Waals surface area contributed by atoms with Crippen molar-refractivity contribution in [2.75, 3.05) is 5.73 Å². The van der Waals surface area contributed by atoms with Crippen LogP contribution in [0.5, 0.6) is 0 Å². The number of H-pyrrole nitrogens is 1. The van der Waals surface area contributed by atoms with E-state index in [0.29, 0.717) is 11.3 Å². The van der Waals surface area contributed by atoms with Gasteiger partial charge in [0.15, 0.2) is 0 Å². The Bertz CT molecular complexity index is 1580. The van der Waals surface area contributed by atoms with Crippen LogP contribution in [-0.2, 0) is 11.2 Å². The quantitative estimate of drug-likeness (QED) is 0.174. The standard InChI is InChI=1S/C32H34N6O2/c1-4-35-16-23(13-20(3)37-32(39)21-6-5-7-21)24-14-27(31(34)36-17-24)30(33)29-15-26-25(22-10-11-40-18-22)9-8-19(2)12-28(26)38-29/h4,8-11,13-18,21,33,35,38H,1,5-7,12H2,2-3H3,(H2,34,36)(H,37,39)/b20-13+,23-16+,33-30?. The van der Waals surface area contributed by atoms with Gasteiger partial charge < -0.3 is 25.8 Å². The van der Waals surface area contributed by atoms with Crippen molar-refractivity contribution >= 4 is 28.6 Å². The molecule has 0 saturated heterocycles. The summed E-state index contributed by atoms with van der Waals surface area (Å²) in [5.74, 6) is 0.399. The molecular weight excluding hydrogens is 500 g/mol. The van der Waals surface area contributed by atoms with Gasteiger partial charge in [-0.05, 0) is 62.7 Å². The number of furan rings is 1. The number of anilines is 1. The van der Waals surface area contributed by atoms with Crippen LogP contribution in [0.1, 0.15) is 66.8 Å². The fourth-order valence-electron chi connectivity index (χ4n) is 4.91. The molecule has 204 valence electrons. The summed E-state index contributed by atoms with van der Waals surface area (Å²) >= 11 is 0. The van der Waals surface area contributed by atoms with Crippen molar-refractivity contribution in [1.82, 2.24) is 20.6 Å². The van der Waals surface area contributed by atoms with Crippen LogP contribution in [0.3, 0.4) is 0 Å². The summed E-state index contributed by atoms with van der Waals surface area (Å²) < 4.78 is 5.34. The van der Waals surface area contributed by atoms with Crippen LogP contribution in [-0.4, -0.2) is 21.6 Å². The predicted molar refractivity (Wildman–Crippen MR) is 159 cm³/mol. The summed E-state index contributed by atoms with van der Waals surface area (Å²) in [6.07, 6.45) is 18.2. The van der Waals surface area contributed by atoms with Gasteiger partial charge in [0.2, 0.25) is 5.91 Å². The van der Waals surface area contributed by atoms with Gasteiger partial charge in [-0.3, -0.25) is 10.2 Å². The lowest BCUT2D eigenvalue weighted by molar-refractivity contribution is -0.126. The van der Waals surface area contributed by atoms with Crippen molar-refractivity contribution in [3.63, 3.8) is 0 Å². The van der Waals surface area contributed by atoms with Gasteiger partial charge in [0.25, 0.3) is 0 Å². The van der Waals surface area contributed by atoms with Gasteiger partial charge in [-0.2, -0.15) is 0 Å². The first kappa shape index (κ1) is 26.7. The Balaban J connectivity index is 1.47. The number of nitrogens with one attached hydrogen (secondary N) is 4. The first-order valence-electron chi connectivity index (χ1n) is 13.4. The molecule has 0 bridgehead atoms. The van der Waals surface area contributed by atoms with E-state index in [9.17, 15) is 4.79 Å². The number of carbonyl (C=O) groups is 1. The van der Waals surface area contributed by atoms with Crippen LogP contribution < -0.4 is 16.4 Å². The third kappa shape index (κ3) is 5.61. The normalized spacial score (nSPS) is 15.8. The molecular formula is C32H34N6O2. The first-order valence-corrected chi connectivity index (χ1v) is 13.4. The Hall–Kier alpha value is -4.85. The number of aromatic amines is 1. The van der Waals surface area contributed by atoms with E-state index in [4.69, 9.17) is 15.6 Å². The molecule has 8 heteroatoms. The van der Waals surface area contributed by atoms with Gasteiger partial charge in [-0.15, -0.1) is 0 Å². The average Bonchev–Trinajstić information content (AvgIpc) is 3.54. The summed E-state index contributed by atoms with van der Waals surface area (Å²) in [6, 6.07) is 5.77. The maximum absolute atomic E-state index is 12.5. The number of hydrogen-bond acceptors (Lipinski definition) is 6. The maximum atomic E-state index is 12.5. The maximum Gasteiger partial charge on any atom is 0.227 e. The number of nitrogens with zero attached hydrogens (tertiary/aromatic N) is 1. The second-order valence-corrected chi connectivity index (χ2v) is 10.3. The van der Waals surface area contributed by atoms with E-state index < -0.39 is 0 Å². The van der Waals surface area contributed by atoms with Crippen LogP contribution in [0.15, 0.2) is 89.8 Å². The van der Waals surface area contributed by atoms with Gasteiger partial charge in [-0.1, -0.05) is 30.7 Å². The number of carbonyl (C=O) groups excluding carboxylic acids is 1. The van der Waals surface area contributed by atoms with Gasteiger partial charge in [0.05, 0.1) is 23.9 Å². The van der Waals surface area contributed by atoms with Crippen LogP contribution in [0.25, 0.3) is 11.1 Å². The fraction of sp³-hybridized carbons (Fsp3) is 0.219. The number of nitrogen functional groups attached to an aromatic ring is 1. The molecule has 3 heterocycles. The largest absolute Gasteiger partial charge is 0.472 e. The number of amides is 1. The summed E-state index contributed by atoms with van der Waals surface area (Å²) in [7, 11) is 0. The first-order chi connectivity index (χ1) is 19.3. The zero-order valence-corrected chi connectivity index (χ0v) is 22.8. The van der Waals surface area contributed by atoms with E-state index in [1.165, 1.54) is 5.57 Å². The molecule has 8 nitrogen and oxygen atoms in total. The van der Waals surface area contributed by atoms with Crippen LogP contribution >= 0.6 is 0 Å². The number of allylic oxidation sites excluding steroid dienone is 6. The number of pyridine rings is 1. The molecule has 0 unspecified atom stereocenters. The van der Waals surface area contributed by atoms with E-state index in [2.05, 4.69) is 46.3 Å². The summed E-state index contributed by atoms with van der Waals surface area (Å²) in [5, 5.41) is 15.1. The molecule has 1 fully saturated rings. The van der Waals surface area contributed by atoms with Crippen LogP contribution in [0.4, 0.5) is 5.82 Å². The van der Waals surface area contributed by atoms with E-state index in [1.807, 2.05) is 31.2 Å². The molecule has 5 rings (SSSR count). The van der Waals surface area contributed by atoms with Crippen molar-refractivity contribution < 1.29 is 9.21 Å². The number of fused-ring (bicyclic) bond motifs is 1. The molecule has 6 N–H and O–H groups in total. The smallest absolute Gasteiger partial charge is 0.227 e. The van der Waals surface area contributed by atoms with E-state index >= 15 is 0 Å². The van der Waals surface area contributed by atoms with Gasteiger partial charge in [-0.25, -0.2) is 4.98 Å².